The second-order valence-electron chi connectivity index (χ2n) is 5.48. The molecule has 1 atom stereocenters. The minimum absolute atomic E-state index is 0.242. The molecule has 1 aliphatic heterocycles. The Hall–Kier alpha value is -1.50. The predicted octanol–water partition coefficient (Wildman–Crippen LogP) is 0.633. The van der Waals surface area contributed by atoms with Crippen molar-refractivity contribution in [2.75, 3.05) is 33.3 Å². The van der Waals surface area contributed by atoms with Gasteiger partial charge in [-0.1, -0.05) is 0 Å². The first-order valence-electron chi connectivity index (χ1n) is 6.31. The van der Waals surface area contributed by atoms with E-state index in [0.717, 1.165) is 0 Å². The molecule has 110 valence electrons. The number of methoxy groups -OCH3 is 1. The van der Waals surface area contributed by atoms with Gasteiger partial charge in [0.2, 0.25) is 0 Å². The van der Waals surface area contributed by atoms with Gasteiger partial charge in [-0.05, 0) is 20.8 Å². The Morgan fingerprint density at radius 2 is 1.89 bits per heavy atom. The van der Waals surface area contributed by atoms with E-state index in [9.17, 15) is 9.59 Å². The molecule has 0 spiro atoms. The van der Waals surface area contributed by atoms with Gasteiger partial charge in [0.1, 0.15) is 5.60 Å². The maximum Gasteiger partial charge on any atom is 0.410 e. The standard InChI is InChI=1S/C12H23N3O4/c1-12(2,3)19-10(16)14-5-6-15(11(17)18-4)9(7-13)8-14/h9H,5-8,13H2,1-4H3. The molecule has 1 heterocycles. The van der Waals surface area contributed by atoms with Crippen LogP contribution >= 0.6 is 0 Å². The zero-order valence-electron chi connectivity index (χ0n) is 12.0. The van der Waals surface area contributed by atoms with Gasteiger partial charge in [0.15, 0.2) is 0 Å². The molecule has 2 amide bonds. The first kappa shape index (κ1) is 15.6. The maximum absolute atomic E-state index is 11.9. The third-order valence-corrected chi connectivity index (χ3v) is 2.82. The molecule has 0 aromatic carbocycles. The molecule has 0 aromatic heterocycles. The van der Waals surface area contributed by atoms with Gasteiger partial charge in [-0.25, -0.2) is 9.59 Å². The lowest BCUT2D eigenvalue weighted by molar-refractivity contribution is 0.00483. The molecule has 0 saturated carbocycles. The van der Waals surface area contributed by atoms with Gasteiger partial charge in [-0.15, -0.1) is 0 Å². The lowest BCUT2D eigenvalue weighted by Gasteiger charge is -2.40. The summed E-state index contributed by atoms with van der Waals surface area (Å²) in [5.41, 5.74) is 5.11. The Labute approximate surface area is 113 Å². The number of hydrogen-bond donors (Lipinski definition) is 1. The van der Waals surface area contributed by atoms with E-state index in [-0.39, 0.29) is 18.7 Å². The molecule has 0 radical (unpaired) electrons. The lowest BCUT2D eigenvalue weighted by atomic mass is 10.2. The second kappa shape index (κ2) is 6.10. The smallest absolute Gasteiger partial charge is 0.410 e. The summed E-state index contributed by atoms with van der Waals surface area (Å²) in [6.07, 6.45) is -0.797. The minimum Gasteiger partial charge on any atom is -0.453 e. The maximum atomic E-state index is 11.9. The van der Waals surface area contributed by atoms with Crippen molar-refractivity contribution in [1.29, 1.82) is 0 Å². The van der Waals surface area contributed by atoms with Crippen molar-refractivity contribution in [1.82, 2.24) is 9.80 Å². The summed E-state index contributed by atoms with van der Waals surface area (Å²) < 4.78 is 10.00. The normalized spacial score (nSPS) is 20.2. The largest absolute Gasteiger partial charge is 0.453 e. The van der Waals surface area contributed by atoms with E-state index in [4.69, 9.17) is 15.2 Å². The molecule has 0 bridgehead atoms. The molecule has 1 fully saturated rings. The predicted molar refractivity (Wildman–Crippen MR) is 69.8 cm³/mol. The van der Waals surface area contributed by atoms with Crippen molar-refractivity contribution in [3.05, 3.63) is 0 Å². The fraction of sp³-hybridized carbons (Fsp3) is 0.833. The highest BCUT2D eigenvalue weighted by atomic mass is 16.6. The summed E-state index contributed by atoms with van der Waals surface area (Å²) in [5, 5.41) is 0. The van der Waals surface area contributed by atoms with E-state index < -0.39 is 11.7 Å². The van der Waals surface area contributed by atoms with Crippen LogP contribution in [-0.2, 0) is 9.47 Å². The number of nitrogens with zero attached hydrogens (tertiary/aromatic N) is 2. The summed E-state index contributed by atoms with van der Waals surface area (Å²) in [5.74, 6) is 0. The van der Waals surface area contributed by atoms with E-state index in [1.54, 1.807) is 9.80 Å². The fourth-order valence-corrected chi connectivity index (χ4v) is 1.91. The van der Waals surface area contributed by atoms with Gasteiger partial charge in [0.05, 0.1) is 13.2 Å². The highest BCUT2D eigenvalue weighted by Gasteiger charge is 2.33. The van der Waals surface area contributed by atoms with Crippen LogP contribution in [0.1, 0.15) is 20.8 Å². The second-order valence-corrected chi connectivity index (χ2v) is 5.48. The summed E-state index contributed by atoms with van der Waals surface area (Å²) in [6.45, 7) is 6.89. The molecule has 1 aliphatic rings. The Bertz CT molecular complexity index is 340. The van der Waals surface area contributed by atoms with Crippen LogP contribution in [0.3, 0.4) is 0 Å². The third-order valence-electron chi connectivity index (χ3n) is 2.82. The highest BCUT2D eigenvalue weighted by molar-refractivity contribution is 5.71. The Balaban J connectivity index is 2.64. The molecule has 0 aromatic rings. The zero-order valence-corrected chi connectivity index (χ0v) is 12.0. The number of rotatable bonds is 1. The van der Waals surface area contributed by atoms with Gasteiger partial charge >= 0.3 is 12.2 Å². The average molecular weight is 273 g/mol. The number of piperazine rings is 1. The van der Waals surface area contributed by atoms with E-state index in [2.05, 4.69) is 0 Å². The zero-order chi connectivity index (χ0) is 14.6. The van der Waals surface area contributed by atoms with Gasteiger partial charge in [0.25, 0.3) is 0 Å². The number of nitrogens with two attached hydrogens (primary N) is 1. The van der Waals surface area contributed by atoms with Crippen molar-refractivity contribution < 1.29 is 19.1 Å². The van der Waals surface area contributed by atoms with Crippen LogP contribution in [-0.4, -0.2) is 66.9 Å². The number of carbonyl (C=O) groups excluding carboxylic acids is 2. The van der Waals surface area contributed by atoms with Crippen molar-refractivity contribution >= 4 is 12.2 Å². The Morgan fingerprint density at radius 1 is 1.26 bits per heavy atom. The van der Waals surface area contributed by atoms with Crippen molar-refractivity contribution in [2.24, 2.45) is 5.73 Å². The Morgan fingerprint density at radius 3 is 2.37 bits per heavy atom. The average Bonchev–Trinajstić information content (AvgIpc) is 2.35. The van der Waals surface area contributed by atoms with E-state index in [1.165, 1.54) is 7.11 Å². The molecular weight excluding hydrogens is 250 g/mol. The van der Waals surface area contributed by atoms with Crippen LogP contribution in [0.25, 0.3) is 0 Å². The summed E-state index contributed by atoms with van der Waals surface area (Å²) in [6, 6.07) is -0.242. The summed E-state index contributed by atoms with van der Waals surface area (Å²) in [4.78, 5) is 26.6. The first-order valence-corrected chi connectivity index (χ1v) is 6.31. The molecule has 7 nitrogen and oxygen atoms in total. The van der Waals surface area contributed by atoms with Crippen molar-refractivity contribution in [3.8, 4) is 0 Å². The van der Waals surface area contributed by atoms with Crippen LogP contribution in [0.15, 0.2) is 0 Å². The monoisotopic (exact) mass is 273 g/mol. The van der Waals surface area contributed by atoms with Gasteiger partial charge < -0.3 is 25.0 Å². The number of carbonyl (C=O) groups is 2. The molecule has 7 heteroatoms. The molecule has 19 heavy (non-hydrogen) atoms. The number of ether oxygens (including phenoxy) is 2. The van der Waals surface area contributed by atoms with E-state index in [1.807, 2.05) is 20.8 Å². The van der Waals surface area contributed by atoms with Crippen LogP contribution in [0.2, 0.25) is 0 Å². The Kier molecular flexibility index (Phi) is 4.99. The van der Waals surface area contributed by atoms with E-state index >= 15 is 0 Å². The molecule has 1 rings (SSSR count). The quantitative estimate of drug-likeness (QED) is 0.757. The topological polar surface area (TPSA) is 85.1 Å². The lowest BCUT2D eigenvalue weighted by Crippen LogP contribution is -2.59. The van der Waals surface area contributed by atoms with E-state index in [0.29, 0.717) is 19.6 Å². The molecular formula is C12H23N3O4. The van der Waals surface area contributed by atoms with Crippen molar-refractivity contribution in [3.63, 3.8) is 0 Å². The van der Waals surface area contributed by atoms with Crippen LogP contribution < -0.4 is 5.73 Å². The summed E-state index contributed by atoms with van der Waals surface area (Å²) in [7, 11) is 1.33. The van der Waals surface area contributed by atoms with Gasteiger partial charge in [-0.2, -0.15) is 0 Å². The SMILES string of the molecule is COC(=O)N1CCN(C(=O)OC(C)(C)C)CC1CN. The minimum atomic E-state index is -0.533. The highest BCUT2D eigenvalue weighted by Crippen LogP contribution is 2.15. The van der Waals surface area contributed by atoms with Crippen LogP contribution in [0.4, 0.5) is 9.59 Å². The molecule has 0 aliphatic carbocycles. The van der Waals surface area contributed by atoms with Gasteiger partial charge in [-0.3, -0.25) is 0 Å². The summed E-state index contributed by atoms with van der Waals surface area (Å²) >= 11 is 0. The fourth-order valence-electron chi connectivity index (χ4n) is 1.91. The number of hydrogen-bond acceptors (Lipinski definition) is 5. The molecule has 1 unspecified atom stereocenters. The van der Waals surface area contributed by atoms with Gasteiger partial charge in [0, 0.05) is 26.2 Å². The van der Waals surface area contributed by atoms with Crippen LogP contribution in [0.5, 0.6) is 0 Å². The van der Waals surface area contributed by atoms with Crippen molar-refractivity contribution in [2.45, 2.75) is 32.4 Å². The first-order chi connectivity index (χ1) is 8.78. The number of amides is 2. The molecule has 1 saturated heterocycles. The third kappa shape index (κ3) is 4.27. The van der Waals surface area contributed by atoms with Crippen LogP contribution in [0, 0.1) is 0 Å². The molecule has 2 N–H and O–H groups in total.